The van der Waals surface area contributed by atoms with Crippen LogP contribution in [0.25, 0.3) is 0 Å². The van der Waals surface area contributed by atoms with Crippen molar-refractivity contribution in [1.82, 2.24) is 4.90 Å². The van der Waals surface area contributed by atoms with E-state index in [0.29, 0.717) is 6.17 Å². The number of hydrogen-bond donors (Lipinski definition) is 0. The average Bonchev–Trinajstić information content (AvgIpc) is 3.35. The molecule has 1 aromatic carbocycles. The van der Waals surface area contributed by atoms with E-state index < -0.39 is 0 Å². The smallest absolute Gasteiger partial charge is 0.105 e. The SMILES string of the molecule is CCCCCCCCCCCCCCCCC1N(CCCCCCCCCCC)C=CN1c1ccccc1. The van der Waals surface area contributed by atoms with Crippen LogP contribution in [0, 0.1) is 0 Å². The van der Waals surface area contributed by atoms with Gasteiger partial charge in [-0.2, -0.15) is 0 Å². The second-order valence-electron chi connectivity index (χ2n) is 12.0. The van der Waals surface area contributed by atoms with Crippen molar-refractivity contribution in [3.63, 3.8) is 0 Å². The molecule has 2 nitrogen and oxygen atoms in total. The maximum Gasteiger partial charge on any atom is 0.105 e. The number of anilines is 1. The molecule has 2 heteroatoms. The Hall–Kier alpha value is -1.44. The summed E-state index contributed by atoms with van der Waals surface area (Å²) in [4.78, 5) is 5.16. The van der Waals surface area contributed by atoms with Gasteiger partial charge in [0.15, 0.2) is 0 Å². The number of benzene rings is 1. The second kappa shape index (κ2) is 23.4. The van der Waals surface area contributed by atoms with Gasteiger partial charge in [0.2, 0.25) is 0 Å². The third-order valence-electron chi connectivity index (χ3n) is 8.51. The van der Waals surface area contributed by atoms with Gasteiger partial charge in [0.1, 0.15) is 6.17 Å². The molecule has 1 heterocycles. The monoisotopic (exact) mass is 525 g/mol. The molecule has 1 aromatic rings. The van der Waals surface area contributed by atoms with Gasteiger partial charge in [0, 0.05) is 24.6 Å². The van der Waals surface area contributed by atoms with Crippen molar-refractivity contribution in [3.05, 3.63) is 42.7 Å². The Labute approximate surface area is 238 Å². The van der Waals surface area contributed by atoms with Gasteiger partial charge >= 0.3 is 0 Å². The van der Waals surface area contributed by atoms with Gasteiger partial charge in [-0.05, 0) is 31.4 Å². The van der Waals surface area contributed by atoms with E-state index in [4.69, 9.17) is 0 Å². The summed E-state index contributed by atoms with van der Waals surface area (Å²) in [6, 6.07) is 11.0. The van der Waals surface area contributed by atoms with Crippen LogP contribution in [0.5, 0.6) is 0 Å². The van der Waals surface area contributed by atoms with Gasteiger partial charge in [-0.25, -0.2) is 0 Å². The molecule has 218 valence electrons. The summed E-state index contributed by atoms with van der Waals surface area (Å²) in [6.07, 6.45) is 39.2. The van der Waals surface area contributed by atoms with E-state index in [1.807, 2.05) is 0 Å². The number of nitrogens with zero attached hydrogens (tertiary/aromatic N) is 2. The van der Waals surface area contributed by atoms with Gasteiger partial charge in [0.25, 0.3) is 0 Å². The van der Waals surface area contributed by atoms with Gasteiger partial charge in [-0.3, -0.25) is 0 Å². The fourth-order valence-electron chi connectivity index (χ4n) is 6.03. The minimum atomic E-state index is 0.503. The van der Waals surface area contributed by atoms with Gasteiger partial charge in [-0.1, -0.05) is 167 Å². The maximum absolute atomic E-state index is 2.64. The minimum Gasteiger partial charge on any atom is -0.356 e. The average molecular weight is 525 g/mol. The lowest BCUT2D eigenvalue weighted by Crippen LogP contribution is -2.39. The Bertz CT molecular complexity index is 655. The molecule has 0 spiro atoms. The molecule has 1 aliphatic heterocycles. The quantitative estimate of drug-likeness (QED) is 0.111. The summed E-state index contributed by atoms with van der Waals surface area (Å²) in [5, 5.41) is 0. The predicted octanol–water partition coefficient (Wildman–Crippen LogP) is 12.0. The fraction of sp³-hybridized carbons (Fsp3) is 0.778. The Morgan fingerprint density at radius 1 is 0.474 bits per heavy atom. The van der Waals surface area contributed by atoms with E-state index in [1.54, 1.807) is 0 Å². The fourth-order valence-corrected chi connectivity index (χ4v) is 6.03. The summed E-state index contributed by atoms with van der Waals surface area (Å²) in [6.45, 7) is 5.82. The number of hydrogen-bond acceptors (Lipinski definition) is 2. The first-order chi connectivity index (χ1) is 18.9. The lowest BCUT2D eigenvalue weighted by molar-refractivity contribution is 0.273. The largest absolute Gasteiger partial charge is 0.356 e. The van der Waals surface area contributed by atoms with Crippen LogP contribution in [-0.2, 0) is 0 Å². The summed E-state index contributed by atoms with van der Waals surface area (Å²) in [5.41, 5.74) is 1.34. The topological polar surface area (TPSA) is 6.48 Å². The molecule has 1 aliphatic rings. The first-order valence-corrected chi connectivity index (χ1v) is 17.1. The molecule has 38 heavy (non-hydrogen) atoms. The Morgan fingerprint density at radius 2 is 0.895 bits per heavy atom. The zero-order valence-corrected chi connectivity index (χ0v) is 25.7. The molecule has 0 bridgehead atoms. The van der Waals surface area contributed by atoms with E-state index in [-0.39, 0.29) is 0 Å². The molecule has 0 fully saturated rings. The highest BCUT2D eigenvalue weighted by atomic mass is 15.4. The van der Waals surface area contributed by atoms with Gasteiger partial charge < -0.3 is 9.80 Å². The summed E-state index contributed by atoms with van der Waals surface area (Å²) < 4.78 is 0. The van der Waals surface area contributed by atoms with Crippen LogP contribution in [0.3, 0.4) is 0 Å². The van der Waals surface area contributed by atoms with Crippen LogP contribution in [-0.4, -0.2) is 17.6 Å². The van der Waals surface area contributed by atoms with Crippen LogP contribution < -0.4 is 4.90 Å². The Kier molecular flexibility index (Phi) is 20.2. The van der Waals surface area contributed by atoms with Crippen molar-refractivity contribution in [2.75, 3.05) is 11.4 Å². The van der Waals surface area contributed by atoms with Gasteiger partial charge in [0.05, 0.1) is 0 Å². The number of para-hydroxylation sites is 1. The van der Waals surface area contributed by atoms with Gasteiger partial charge in [-0.15, -0.1) is 0 Å². The molecule has 0 amide bonds. The lowest BCUT2D eigenvalue weighted by Gasteiger charge is -2.33. The normalized spacial score (nSPS) is 15.2. The van der Waals surface area contributed by atoms with Crippen LogP contribution in [0.2, 0.25) is 0 Å². The third-order valence-corrected chi connectivity index (χ3v) is 8.51. The Balaban J connectivity index is 1.57. The minimum absolute atomic E-state index is 0.503. The summed E-state index contributed by atoms with van der Waals surface area (Å²) in [5.74, 6) is 0. The molecular formula is C36H64N2. The first-order valence-electron chi connectivity index (χ1n) is 17.1. The first kappa shape index (κ1) is 32.8. The number of rotatable bonds is 26. The summed E-state index contributed by atoms with van der Waals surface area (Å²) in [7, 11) is 0. The highest BCUT2D eigenvalue weighted by Crippen LogP contribution is 2.28. The zero-order chi connectivity index (χ0) is 26.9. The van der Waals surface area contributed by atoms with Crippen LogP contribution in [0.4, 0.5) is 5.69 Å². The molecule has 1 atom stereocenters. The van der Waals surface area contributed by atoms with Crippen molar-refractivity contribution < 1.29 is 0 Å². The molecule has 0 saturated carbocycles. The van der Waals surface area contributed by atoms with Crippen molar-refractivity contribution in [3.8, 4) is 0 Å². The molecule has 0 aliphatic carbocycles. The van der Waals surface area contributed by atoms with Crippen LogP contribution in [0.15, 0.2) is 42.7 Å². The zero-order valence-electron chi connectivity index (χ0n) is 25.7. The molecule has 0 aromatic heterocycles. The molecule has 1 unspecified atom stereocenters. The molecule has 0 N–H and O–H groups in total. The van der Waals surface area contributed by atoms with E-state index >= 15 is 0 Å². The van der Waals surface area contributed by atoms with E-state index in [2.05, 4.69) is 66.4 Å². The third kappa shape index (κ3) is 15.2. The predicted molar refractivity (Wildman–Crippen MR) is 171 cm³/mol. The van der Waals surface area contributed by atoms with Crippen LogP contribution >= 0.6 is 0 Å². The second-order valence-corrected chi connectivity index (χ2v) is 12.0. The maximum atomic E-state index is 2.64. The number of unbranched alkanes of at least 4 members (excludes halogenated alkanes) is 21. The van der Waals surface area contributed by atoms with E-state index in [1.165, 1.54) is 166 Å². The summed E-state index contributed by atoms with van der Waals surface area (Å²) >= 11 is 0. The van der Waals surface area contributed by atoms with E-state index in [0.717, 1.165) is 0 Å². The van der Waals surface area contributed by atoms with Crippen molar-refractivity contribution in [2.24, 2.45) is 0 Å². The standard InChI is InChI=1S/C36H64N2/c1-3-5-7-9-11-13-14-15-16-17-18-20-22-27-31-36-37(32-28-23-21-19-12-10-8-6-4-2)33-34-38(36)35-29-25-24-26-30-35/h24-26,29-30,33-34,36H,3-23,27-28,31-32H2,1-2H3. The molecular weight excluding hydrogens is 460 g/mol. The van der Waals surface area contributed by atoms with Crippen LogP contribution in [0.1, 0.15) is 168 Å². The van der Waals surface area contributed by atoms with E-state index in [9.17, 15) is 0 Å². The Morgan fingerprint density at radius 3 is 1.37 bits per heavy atom. The van der Waals surface area contributed by atoms with Crippen molar-refractivity contribution in [2.45, 2.75) is 174 Å². The van der Waals surface area contributed by atoms with Crippen molar-refractivity contribution >= 4 is 5.69 Å². The van der Waals surface area contributed by atoms with Crippen molar-refractivity contribution in [1.29, 1.82) is 0 Å². The molecule has 0 saturated heterocycles. The highest BCUT2D eigenvalue weighted by molar-refractivity contribution is 5.51. The highest BCUT2D eigenvalue weighted by Gasteiger charge is 2.26. The molecule has 0 radical (unpaired) electrons. The molecule has 2 rings (SSSR count). The lowest BCUT2D eigenvalue weighted by atomic mass is 10.0.